The predicted molar refractivity (Wildman–Crippen MR) is 115 cm³/mol. The van der Waals surface area contributed by atoms with E-state index in [4.69, 9.17) is 0 Å². The molecule has 160 valence electrons. The smallest absolute Gasteiger partial charge is 0.272 e. The maximum absolute atomic E-state index is 13.2. The van der Waals surface area contributed by atoms with Crippen LogP contribution in [0.2, 0.25) is 0 Å². The van der Waals surface area contributed by atoms with Gasteiger partial charge in [0.2, 0.25) is 5.91 Å². The van der Waals surface area contributed by atoms with Crippen LogP contribution in [0.25, 0.3) is 11.3 Å². The Morgan fingerprint density at radius 1 is 1.23 bits per heavy atom. The molecule has 1 aliphatic heterocycles. The molecule has 1 aliphatic carbocycles. The van der Waals surface area contributed by atoms with Crippen LogP contribution in [0.5, 0.6) is 0 Å². The number of benzene rings is 1. The number of fused-ring (bicyclic) bond motifs is 1. The van der Waals surface area contributed by atoms with Crippen molar-refractivity contribution in [3.63, 3.8) is 0 Å². The molecule has 2 amide bonds. The van der Waals surface area contributed by atoms with Gasteiger partial charge in [0.25, 0.3) is 5.91 Å². The van der Waals surface area contributed by atoms with Crippen molar-refractivity contribution in [3.8, 4) is 11.3 Å². The Morgan fingerprint density at radius 3 is 2.71 bits per heavy atom. The average Bonchev–Trinajstić information content (AvgIpc) is 3.28. The standard InChI is InChI=1S/C22H22FN5O2S/c1-27-18(11-17(26-27)13-5-7-15(23)8-6-13)21(30)28-10-9-16-19(12-28)31-22(24-16)25-20(29)14-3-2-4-14/h5-8,11,14H,2-4,9-10,12H2,1H3,(H,24,25,29). The molecule has 0 bridgehead atoms. The lowest BCUT2D eigenvalue weighted by Crippen LogP contribution is -2.36. The first kappa shape index (κ1) is 19.9. The van der Waals surface area contributed by atoms with Crippen LogP contribution >= 0.6 is 11.3 Å². The van der Waals surface area contributed by atoms with Gasteiger partial charge in [-0.1, -0.05) is 17.8 Å². The highest BCUT2D eigenvalue weighted by molar-refractivity contribution is 7.15. The molecule has 2 aliphatic rings. The molecule has 3 aromatic rings. The maximum Gasteiger partial charge on any atom is 0.272 e. The van der Waals surface area contributed by atoms with E-state index in [0.717, 1.165) is 35.4 Å². The fourth-order valence-electron chi connectivity index (χ4n) is 3.89. The second kappa shape index (κ2) is 7.88. The molecule has 1 aromatic carbocycles. The van der Waals surface area contributed by atoms with Crippen molar-refractivity contribution >= 4 is 28.3 Å². The third-order valence-electron chi connectivity index (χ3n) is 5.96. The number of halogens is 1. The number of anilines is 1. The van der Waals surface area contributed by atoms with Gasteiger partial charge in [0.1, 0.15) is 11.5 Å². The number of carbonyl (C=O) groups excluding carboxylic acids is 2. The molecule has 2 aromatic heterocycles. The summed E-state index contributed by atoms with van der Waals surface area (Å²) in [6, 6.07) is 7.79. The summed E-state index contributed by atoms with van der Waals surface area (Å²) in [5, 5.41) is 7.98. The highest BCUT2D eigenvalue weighted by Gasteiger charge is 2.29. The summed E-state index contributed by atoms with van der Waals surface area (Å²) in [6.07, 6.45) is 3.66. The Kier molecular flexibility index (Phi) is 5.05. The minimum atomic E-state index is -0.312. The number of hydrogen-bond acceptors (Lipinski definition) is 5. The van der Waals surface area contributed by atoms with Crippen LogP contribution in [-0.4, -0.2) is 38.0 Å². The number of hydrogen-bond donors (Lipinski definition) is 1. The molecular weight excluding hydrogens is 417 g/mol. The van der Waals surface area contributed by atoms with Crippen LogP contribution in [0.15, 0.2) is 30.3 Å². The summed E-state index contributed by atoms with van der Waals surface area (Å²) in [6.45, 7) is 1.02. The number of aromatic nitrogens is 3. The fraction of sp³-hybridized carbons (Fsp3) is 0.364. The average molecular weight is 440 g/mol. The SMILES string of the molecule is Cn1nc(-c2ccc(F)cc2)cc1C(=O)N1CCc2nc(NC(=O)C3CCC3)sc2C1. The van der Waals surface area contributed by atoms with E-state index in [1.807, 2.05) is 0 Å². The van der Waals surface area contributed by atoms with Gasteiger partial charge in [-0.25, -0.2) is 9.37 Å². The minimum Gasteiger partial charge on any atom is -0.332 e. The Labute approximate surface area is 182 Å². The van der Waals surface area contributed by atoms with Gasteiger partial charge in [-0.15, -0.1) is 0 Å². The van der Waals surface area contributed by atoms with Gasteiger partial charge in [0.05, 0.1) is 17.9 Å². The Balaban J connectivity index is 1.30. The zero-order chi connectivity index (χ0) is 21.5. The van der Waals surface area contributed by atoms with E-state index >= 15 is 0 Å². The summed E-state index contributed by atoms with van der Waals surface area (Å²) < 4.78 is 14.8. The van der Waals surface area contributed by atoms with Crippen LogP contribution in [0.3, 0.4) is 0 Å². The van der Waals surface area contributed by atoms with E-state index in [0.29, 0.717) is 36.0 Å². The molecule has 9 heteroatoms. The van der Waals surface area contributed by atoms with Crippen LogP contribution < -0.4 is 5.32 Å². The third-order valence-corrected chi connectivity index (χ3v) is 6.96. The number of amides is 2. The van der Waals surface area contributed by atoms with Crippen molar-refractivity contribution in [2.45, 2.75) is 32.2 Å². The largest absolute Gasteiger partial charge is 0.332 e. The van der Waals surface area contributed by atoms with E-state index in [2.05, 4.69) is 15.4 Å². The van der Waals surface area contributed by atoms with Crippen molar-refractivity contribution in [1.82, 2.24) is 19.7 Å². The van der Waals surface area contributed by atoms with E-state index in [9.17, 15) is 14.0 Å². The lowest BCUT2D eigenvalue weighted by Gasteiger charge is -2.25. The second-order valence-electron chi connectivity index (χ2n) is 8.03. The van der Waals surface area contributed by atoms with E-state index < -0.39 is 0 Å². The van der Waals surface area contributed by atoms with Gasteiger partial charge in [-0.05, 0) is 43.2 Å². The van der Waals surface area contributed by atoms with Crippen molar-refractivity contribution < 1.29 is 14.0 Å². The second-order valence-corrected chi connectivity index (χ2v) is 9.11. The Bertz CT molecular complexity index is 1150. The topological polar surface area (TPSA) is 80.1 Å². The van der Waals surface area contributed by atoms with E-state index in [-0.39, 0.29) is 23.5 Å². The monoisotopic (exact) mass is 439 g/mol. The lowest BCUT2D eigenvalue weighted by molar-refractivity contribution is -0.122. The molecule has 0 spiro atoms. The Hall–Kier alpha value is -3.07. The first-order valence-corrected chi connectivity index (χ1v) is 11.2. The molecule has 0 unspecified atom stereocenters. The maximum atomic E-state index is 13.2. The van der Waals surface area contributed by atoms with Crippen LogP contribution in [0.4, 0.5) is 9.52 Å². The van der Waals surface area contributed by atoms with Crippen molar-refractivity contribution in [3.05, 3.63) is 52.4 Å². The van der Waals surface area contributed by atoms with Crippen LogP contribution in [0.1, 0.15) is 40.3 Å². The number of carbonyl (C=O) groups is 2. The molecule has 0 saturated heterocycles. The van der Waals surface area contributed by atoms with Gasteiger partial charge in [-0.3, -0.25) is 14.3 Å². The fourth-order valence-corrected chi connectivity index (χ4v) is 4.92. The summed E-state index contributed by atoms with van der Waals surface area (Å²) in [5.74, 6) is -0.261. The first-order chi connectivity index (χ1) is 15.0. The molecule has 5 rings (SSSR count). The summed E-state index contributed by atoms with van der Waals surface area (Å²) in [4.78, 5) is 32.7. The number of nitrogens with zero attached hydrogens (tertiary/aromatic N) is 4. The quantitative estimate of drug-likeness (QED) is 0.673. The molecule has 1 N–H and O–H groups in total. The van der Waals surface area contributed by atoms with Gasteiger partial charge in [-0.2, -0.15) is 5.10 Å². The number of aryl methyl sites for hydroxylation is 1. The molecule has 31 heavy (non-hydrogen) atoms. The molecule has 0 atom stereocenters. The van der Waals surface area contributed by atoms with Crippen molar-refractivity contribution in [2.75, 3.05) is 11.9 Å². The molecule has 3 heterocycles. The summed E-state index contributed by atoms with van der Waals surface area (Å²) in [5.41, 5.74) is 2.81. The molecule has 7 nitrogen and oxygen atoms in total. The van der Waals surface area contributed by atoms with Gasteiger partial charge in [0.15, 0.2) is 5.13 Å². The third kappa shape index (κ3) is 3.85. The van der Waals surface area contributed by atoms with Gasteiger partial charge in [0, 0.05) is 36.4 Å². The molecule has 1 fully saturated rings. The van der Waals surface area contributed by atoms with Crippen LogP contribution in [0, 0.1) is 11.7 Å². The lowest BCUT2D eigenvalue weighted by atomic mass is 9.85. The number of nitrogens with one attached hydrogen (secondary N) is 1. The number of thiazole rings is 1. The summed E-state index contributed by atoms with van der Waals surface area (Å²) in [7, 11) is 1.73. The van der Waals surface area contributed by atoms with Crippen molar-refractivity contribution in [2.24, 2.45) is 13.0 Å². The van der Waals surface area contributed by atoms with Crippen molar-refractivity contribution in [1.29, 1.82) is 0 Å². The summed E-state index contributed by atoms with van der Waals surface area (Å²) >= 11 is 1.44. The zero-order valence-electron chi connectivity index (χ0n) is 17.1. The molecular formula is C22H22FN5O2S. The highest BCUT2D eigenvalue weighted by Crippen LogP contribution is 2.32. The minimum absolute atomic E-state index is 0.0495. The van der Waals surface area contributed by atoms with Crippen LogP contribution in [-0.2, 0) is 24.8 Å². The van der Waals surface area contributed by atoms with E-state index in [1.165, 1.54) is 23.5 Å². The highest BCUT2D eigenvalue weighted by atomic mass is 32.1. The first-order valence-electron chi connectivity index (χ1n) is 10.4. The van der Waals surface area contributed by atoms with E-state index in [1.54, 1.807) is 34.8 Å². The normalized spacial score (nSPS) is 16.0. The van der Waals surface area contributed by atoms with Gasteiger partial charge < -0.3 is 10.2 Å². The Morgan fingerprint density at radius 2 is 2.00 bits per heavy atom. The predicted octanol–water partition coefficient (Wildman–Crippen LogP) is 3.62. The van der Waals surface area contributed by atoms with Gasteiger partial charge >= 0.3 is 0 Å². The number of rotatable bonds is 4. The molecule has 0 radical (unpaired) electrons. The molecule has 1 saturated carbocycles. The zero-order valence-corrected chi connectivity index (χ0v) is 17.9.